The molecule has 0 bridgehead atoms. The zero-order valence-electron chi connectivity index (χ0n) is 15.7. The molecular formula is C20H26ClN5O. The van der Waals surface area contributed by atoms with E-state index >= 15 is 0 Å². The summed E-state index contributed by atoms with van der Waals surface area (Å²) in [4.78, 5) is 4.53. The van der Waals surface area contributed by atoms with Crippen molar-refractivity contribution >= 4 is 23.7 Å². The van der Waals surface area contributed by atoms with E-state index in [9.17, 15) is 0 Å². The van der Waals surface area contributed by atoms with Gasteiger partial charge in [-0.1, -0.05) is 30.3 Å². The van der Waals surface area contributed by atoms with Crippen LogP contribution >= 0.6 is 12.4 Å². The molecule has 27 heavy (non-hydrogen) atoms. The van der Waals surface area contributed by atoms with Gasteiger partial charge in [-0.2, -0.15) is 0 Å². The lowest BCUT2D eigenvalue weighted by molar-refractivity contribution is 0.154. The molecule has 4 rings (SSSR count). The van der Waals surface area contributed by atoms with Crippen LogP contribution in [0.4, 0.5) is 5.69 Å². The zero-order chi connectivity index (χ0) is 17.9. The van der Waals surface area contributed by atoms with Crippen LogP contribution in [0.5, 0.6) is 5.88 Å². The third kappa shape index (κ3) is 4.34. The lowest BCUT2D eigenvalue weighted by atomic mass is 10.1. The molecule has 1 saturated heterocycles. The Morgan fingerprint density at radius 1 is 1.22 bits per heavy atom. The van der Waals surface area contributed by atoms with E-state index in [2.05, 4.69) is 51.9 Å². The number of hydrogen-bond acceptors (Lipinski definition) is 5. The number of piperidine rings is 1. The van der Waals surface area contributed by atoms with Crippen molar-refractivity contribution in [3.8, 4) is 5.88 Å². The monoisotopic (exact) mass is 387 g/mol. The molecule has 0 amide bonds. The highest BCUT2D eigenvalue weighted by atomic mass is 35.5. The fourth-order valence-corrected chi connectivity index (χ4v) is 3.36. The standard InChI is InChI=1S/C20H25N5O.ClH/c1-14-13-22-20-18(23-15(2)16-6-4-3-5-7-16)12-19(24-25(14)20)26-17-8-10-21-11-9-17;/h3-7,12-13,15,17,21,23H,8-11H2,1-2H3;1H/t15-;/m0./s1. The number of ether oxygens (including phenoxy) is 1. The molecule has 1 fully saturated rings. The van der Waals surface area contributed by atoms with Gasteiger partial charge in [-0.05, 0) is 45.3 Å². The van der Waals surface area contributed by atoms with Crippen LogP contribution < -0.4 is 15.4 Å². The molecule has 6 nitrogen and oxygen atoms in total. The van der Waals surface area contributed by atoms with Crippen LogP contribution in [0, 0.1) is 6.92 Å². The summed E-state index contributed by atoms with van der Waals surface area (Å²) in [6.07, 6.45) is 4.07. The number of benzene rings is 1. The van der Waals surface area contributed by atoms with Crippen molar-refractivity contribution < 1.29 is 4.74 Å². The Bertz CT molecular complexity index is 877. The molecule has 1 aliphatic rings. The maximum Gasteiger partial charge on any atom is 0.234 e. The molecule has 3 heterocycles. The summed E-state index contributed by atoms with van der Waals surface area (Å²) >= 11 is 0. The van der Waals surface area contributed by atoms with E-state index in [0.29, 0.717) is 5.88 Å². The topological polar surface area (TPSA) is 63.5 Å². The smallest absolute Gasteiger partial charge is 0.234 e. The van der Waals surface area contributed by atoms with Gasteiger partial charge in [0, 0.05) is 12.1 Å². The highest BCUT2D eigenvalue weighted by molar-refractivity contribution is 5.85. The summed E-state index contributed by atoms with van der Waals surface area (Å²) < 4.78 is 8.03. The molecule has 0 saturated carbocycles. The number of aromatic nitrogens is 3. The molecule has 1 aliphatic heterocycles. The van der Waals surface area contributed by atoms with Gasteiger partial charge in [0.05, 0.1) is 17.6 Å². The van der Waals surface area contributed by atoms with Gasteiger partial charge in [-0.15, -0.1) is 17.5 Å². The number of fused-ring (bicyclic) bond motifs is 1. The molecule has 2 aromatic heterocycles. The Morgan fingerprint density at radius 2 is 1.96 bits per heavy atom. The second kappa shape index (κ2) is 8.59. The molecule has 0 spiro atoms. The van der Waals surface area contributed by atoms with Gasteiger partial charge in [0.2, 0.25) is 5.88 Å². The van der Waals surface area contributed by atoms with Crippen LogP contribution in [0.15, 0.2) is 42.6 Å². The third-order valence-corrected chi connectivity index (χ3v) is 4.86. The van der Waals surface area contributed by atoms with E-state index in [1.54, 1.807) is 0 Å². The molecule has 144 valence electrons. The number of aryl methyl sites for hydroxylation is 1. The molecule has 7 heteroatoms. The van der Waals surface area contributed by atoms with Crippen LogP contribution in [0.2, 0.25) is 0 Å². The fraction of sp³-hybridized carbons (Fsp3) is 0.400. The Kier molecular flexibility index (Phi) is 6.19. The second-order valence-electron chi connectivity index (χ2n) is 6.88. The number of anilines is 1. The first kappa shape index (κ1) is 19.5. The van der Waals surface area contributed by atoms with Crippen molar-refractivity contribution in [2.45, 2.75) is 38.8 Å². The Labute approximate surface area is 165 Å². The number of rotatable bonds is 5. The van der Waals surface area contributed by atoms with Gasteiger partial charge >= 0.3 is 0 Å². The lowest BCUT2D eigenvalue weighted by Gasteiger charge is -2.24. The maximum absolute atomic E-state index is 6.18. The van der Waals surface area contributed by atoms with Crippen LogP contribution in [0.3, 0.4) is 0 Å². The van der Waals surface area contributed by atoms with Crippen LogP contribution in [-0.2, 0) is 0 Å². The maximum atomic E-state index is 6.18. The van der Waals surface area contributed by atoms with Crippen molar-refractivity contribution in [1.82, 2.24) is 19.9 Å². The molecule has 1 atom stereocenters. The normalized spacial score (nSPS) is 15.9. The number of nitrogens with zero attached hydrogens (tertiary/aromatic N) is 3. The summed E-state index contributed by atoms with van der Waals surface area (Å²) in [6, 6.07) is 12.5. The molecule has 1 aromatic carbocycles. The van der Waals surface area contributed by atoms with Crippen LogP contribution in [0.25, 0.3) is 5.65 Å². The van der Waals surface area contributed by atoms with Crippen molar-refractivity contribution in [2.75, 3.05) is 18.4 Å². The van der Waals surface area contributed by atoms with Gasteiger partial charge in [-0.25, -0.2) is 9.50 Å². The fourth-order valence-electron chi connectivity index (χ4n) is 3.36. The molecule has 3 aromatic rings. The minimum Gasteiger partial charge on any atom is -0.473 e. The lowest BCUT2D eigenvalue weighted by Crippen LogP contribution is -2.34. The molecule has 0 aliphatic carbocycles. The van der Waals surface area contributed by atoms with Crippen LogP contribution in [-0.4, -0.2) is 33.8 Å². The summed E-state index contributed by atoms with van der Waals surface area (Å²) in [6.45, 7) is 6.14. The predicted octanol–water partition coefficient (Wildman–Crippen LogP) is 3.76. The van der Waals surface area contributed by atoms with Gasteiger partial charge < -0.3 is 15.4 Å². The minimum atomic E-state index is 0. The average Bonchev–Trinajstić information content (AvgIpc) is 3.04. The van der Waals surface area contributed by atoms with Gasteiger partial charge in [-0.3, -0.25) is 0 Å². The van der Waals surface area contributed by atoms with E-state index < -0.39 is 0 Å². The first-order valence-corrected chi connectivity index (χ1v) is 9.25. The first-order valence-electron chi connectivity index (χ1n) is 9.25. The summed E-state index contributed by atoms with van der Waals surface area (Å²) in [5.41, 5.74) is 3.98. The zero-order valence-corrected chi connectivity index (χ0v) is 16.5. The SMILES string of the molecule is Cc1cnc2c(N[C@@H](C)c3ccccc3)cc(OC3CCNCC3)nn12.Cl. The average molecular weight is 388 g/mol. The summed E-state index contributed by atoms with van der Waals surface area (Å²) in [5.74, 6) is 0.647. The number of imidazole rings is 1. The summed E-state index contributed by atoms with van der Waals surface area (Å²) in [7, 11) is 0. The quantitative estimate of drug-likeness (QED) is 0.697. The second-order valence-corrected chi connectivity index (χ2v) is 6.88. The third-order valence-electron chi connectivity index (χ3n) is 4.86. The highest BCUT2D eigenvalue weighted by Crippen LogP contribution is 2.27. The Balaban J connectivity index is 0.00000210. The molecule has 2 N–H and O–H groups in total. The molecule has 0 radical (unpaired) electrons. The van der Waals surface area contributed by atoms with Gasteiger partial charge in [0.15, 0.2) is 5.65 Å². The van der Waals surface area contributed by atoms with Gasteiger partial charge in [0.25, 0.3) is 0 Å². The van der Waals surface area contributed by atoms with Crippen molar-refractivity contribution in [2.24, 2.45) is 0 Å². The Hall–Kier alpha value is -2.31. The number of hydrogen-bond donors (Lipinski definition) is 2. The van der Waals surface area contributed by atoms with E-state index in [1.165, 1.54) is 5.56 Å². The van der Waals surface area contributed by atoms with Crippen molar-refractivity contribution in [1.29, 1.82) is 0 Å². The van der Waals surface area contributed by atoms with E-state index in [0.717, 1.165) is 43.0 Å². The number of nitrogens with one attached hydrogen (secondary N) is 2. The largest absolute Gasteiger partial charge is 0.473 e. The minimum absolute atomic E-state index is 0. The van der Waals surface area contributed by atoms with E-state index in [-0.39, 0.29) is 24.6 Å². The van der Waals surface area contributed by atoms with Crippen molar-refractivity contribution in [3.05, 3.63) is 53.9 Å². The number of halogens is 1. The molecule has 0 unspecified atom stereocenters. The summed E-state index contributed by atoms with van der Waals surface area (Å²) in [5, 5.41) is 11.6. The molecular weight excluding hydrogens is 362 g/mol. The van der Waals surface area contributed by atoms with Crippen LogP contribution in [0.1, 0.15) is 37.1 Å². The van der Waals surface area contributed by atoms with Gasteiger partial charge in [0.1, 0.15) is 6.10 Å². The van der Waals surface area contributed by atoms with Crippen molar-refractivity contribution in [3.63, 3.8) is 0 Å². The van der Waals surface area contributed by atoms with E-state index in [1.807, 2.05) is 29.8 Å². The Morgan fingerprint density at radius 3 is 2.70 bits per heavy atom. The van der Waals surface area contributed by atoms with E-state index in [4.69, 9.17) is 4.74 Å². The first-order chi connectivity index (χ1) is 12.7. The predicted molar refractivity (Wildman–Crippen MR) is 110 cm³/mol. The highest BCUT2D eigenvalue weighted by Gasteiger charge is 2.18.